The molecule has 0 saturated carbocycles. The molecule has 0 saturated heterocycles. The van der Waals surface area contributed by atoms with Crippen LogP contribution in [0.3, 0.4) is 0 Å². The maximum atomic E-state index is 12.1. The van der Waals surface area contributed by atoms with Crippen LogP contribution >= 0.6 is 11.3 Å². The second kappa shape index (κ2) is 5.37. The smallest absolute Gasteiger partial charge is 0.265 e. The third-order valence-corrected chi connectivity index (χ3v) is 3.90. The Hall–Kier alpha value is -2.67. The summed E-state index contributed by atoms with van der Waals surface area (Å²) in [5, 5.41) is 14.4. The normalized spacial score (nSPS) is 10.7. The lowest BCUT2D eigenvalue weighted by atomic mass is 10.2. The van der Waals surface area contributed by atoms with Crippen molar-refractivity contribution >= 4 is 27.5 Å². The molecule has 7 heteroatoms. The van der Waals surface area contributed by atoms with E-state index in [1.54, 1.807) is 35.8 Å². The molecule has 3 rings (SSSR count). The van der Waals surface area contributed by atoms with Gasteiger partial charge in [-0.3, -0.25) is 14.6 Å². The fourth-order valence-electron chi connectivity index (χ4n) is 1.97. The summed E-state index contributed by atoms with van der Waals surface area (Å²) in [6.45, 7) is 0.182. The first-order valence-corrected chi connectivity index (χ1v) is 7.05. The van der Waals surface area contributed by atoms with Crippen molar-refractivity contribution in [3.63, 3.8) is 0 Å². The minimum atomic E-state index is -0.630. The SMILES string of the molecule is O=C(NCc1ccccn1)c1c(O)c2sccc2[nH]c1=O. The third-order valence-electron chi connectivity index (χ3n) is 2.98. The first-order valence-electron chi connectivity index (χ1n) is 6.17. The molecule has 21 heavy (non-hydrogen) atoms. The Morgan fingerprint density at radius 2 is 2.24 bits per heavy atom. The van der Waals surface area contributed by atoms with E-state index in [0.717, 1.165) is 0 Å². The molecule has 3 aromatic rings. The number of rotatable bonds is 3. The molecule has 0 aliphatic heterocycles. The van der Waals surface area contributed by atoms with Crippen LogP contribution in [-0.4, -0.2) is 21.0 Å². The molecule has 0 spiro atoms. The van der Waals surface area contributed by atoms with Gasteiger partial charge in [0.2, 0.25) is 0 Å². The number of hydrogen-bond donors (Lipinski definition) is 3. The number of aromatic amines is 1. The van der Waals surface area contributed by atoms with E-state index in [-0.39, 0.29) is 17.9 Å². The Morgan fingerprint density at radius 1 is 1.38 bits per heavy atom. The van der Waals surface area contributed by atoms with Crippen LogP contribution in [0.1, 0.15) is 16.1 Å². The van der Waals surface area contributed by atoms with Crippen LogP contribution in [0, 0.1) is 0 Å². The summed E-state index contributed by atoms with van der Waals surface area (Å²) in [5.74, 6) is -0.919. The van der Waals surface area contributed by atoms with Gasteiger partial charge in [-0.15, -0.1) is 11.3 Å². The van der Waals surface area contributed by atoms with Crippen molar-refractivity contribution < 1.29 is 9.90 Å². The summed E-state index contributed by atoms with van der Waals surface area (Å²) < 4.78 is 0.484. The lowest BCUT2D eigenvalue weighted by Gasteiger charge is -2.06. The summed E-state index contributed by atoms with van der Waals surface area (Å²) in [4.78, 5) is 30.7. The van der Waals surface area contributed by atoms with E-state index in [9.17, 15) is 14.7 Å². The minimum Gasteiger partial charge on any atom is -0.505 e. The zero-order valence-electron chi connectivity index (χ0n) is 10.8. The number of carbonyl (C=O) groups is 1. The van der Waals surface area contributed by atoms with Gasteiger partial charge >= 0.3 is 0 Å². The highest BCUT2D eigenvalue weighted by atomic mass is 32.1. The number of aromatic hydroxyl groups is 1. The monoisotopic (exact) mass is 301 g/mol. The largest absolute Gasteiger partial charge is 0.505 e. The maximum absolute atomic E-state index is 12.1. The van der Waals surface area contributed by atoms with Gasteiger partial charge in [0.05, 0.1) is 22.5 Å². The predicted octanol–water partition coefficient (Wildman–Crippen LogP) is 1.62. The number of nitrogens with zero attached hydrogens (tertiary/aromatic N) is 1. The van der Waals surface area contributed by atoms with Crippen LogP contribution in [0.15, 0.2) is 40.6 Å². The molecular weight excluding hydrogens is 290 g/mol. The Bertz CT molecular complexity index is 855. The highest BCUT2D eigenvalue weighted by Gasteiger charge is 2.19. The Kier molecular flexibility index (Phi) is 3.41. The van der Waals surface area contributed by atoms with E-state index in [4.69, 9.17) is 0 Å². The van der Waals surface area contributed by atoms with Crippen molar-refractivity contribution in [2.24, 2.45) is 0 Å². The molecule has 6 nitrogen and oxygen atoms in total. The van der Waals surface area contributed by atoms with E-state index >= 15 is 0 Å². The van der Waals surface area contributed by atoms with Gasteiger partial charge < -0.3 is 15.4 Å². The van der Waals surface area contributed by atoms with Gasteiger partial charge in [0.1, 0.15) is 5.56 Å². The number of hydrogen-bond acceptors (Lipinski definition) is 5. The fourth-order valence-corrected chi connectivity index (χ4v) is 2.77. The lowest BCUT2D eigenvalue weighted by molar-refractivity contribution is 0.0946. The summed E-state index contributed by atoms with van der Waals surface area (Å²) in [5.41, 5.74) is 0.292. The van der Waals surface area contributed by atoms with E-state index < -0.39 is 11.5 Å². The van der Waals surface area contributed by atoms with E-state index in [0.29, 0.717) is 15.9 Å². The van der Waals surface area contributed by atoms with Crippen molar-refractivity contribution in [1.82, 2.24) is 15.3 Å². The topological polar surface area (TPSA) is 95.1 Å². The van der Waals surface area contributed by atoms with Crippen molar-refractivity contribution in [2.75, 3.05) is 0 Å². The number of aromatic nitrogens is 2. The van der Waals surface area contributed by atoms with Crippen molar-refractivity contribution in [2.45, 2.75) is 6.54 Å². The Labute approximate surface area is 123 Å². The van der Waals surface area contributed by atoms with E-state index in [1.165, 1.54) is 11.3 Å². The summed E-state index contributed by atoms with van der Waals surface area (Å²) in [6.07, 6.45) is 1.61. The first kappa shape index (κ1) is 13.3. The Morgan fingerprint density at radius 3 is 3.00 bits per heavy atom. The molecular formula is C14H11N3O3S. The second-order valence-corrected chi connectivity index (χ2v) is 5.26. The number of H-pyrrole nitrogens is 1. The highest BCUT2D eigenvalue weighted by molar-refractivity contribution is 7.17. The predicted molar refractivity (Wildman–Crippen MR) is 79.5 cm³/mol. The lowest BCUT2D eigenvalue weighted by Crippen LogP contribution is -2.29. The average molecular weight is 301 g/mol. The number of carbonyl (C=O) groups excluding carboxylic acids is 1. The van der Waals surface area contributed by atoms with Crippen LogP contribution in [0.5, 0.6) is 5.75 Å². The number of pyridine rings is 2. The van der Waals surface area contributed by atoms with Gasteiger partial charge in [-0.2, -0.15) is 0 Å². The molecule has 3 N–H and O–H groups in total. The molecule has 0 aromatic carbocycles. The minimum absolute atomic E-state index is 0.182. The summed E-state index contributed by atoms with van der Waals surface area (Å²) in [6, 6.07) is 7.01. The highest BCUT2D eigenvalue weighted by Crippen LogP contribution is 2.29. The maximum Gasteiger partial charge on any atom is 0.265 e. The van der Waals surface area contributed by atoms with Gasteiger partial charge in [-0.05, 0) is 23.6 Å². The molecule has 3 aromatic heterocycles. The molecule has 0 unspecified atom stereocenters. The zero-order valence-corrected chi connectivity index (χ0v) is 11.6. The molecule has 0 atom stereocenters. The van der Waals surface area contributed by atoms with Crippen LogP contribution < -0.4 is 10.9 Å². The van der Waals surface area contributed by atoms with Gasteiger partial charge in [0, 0.05) is 6.20 Å². The number of nitrogens with one attached hydrogen (secondary N) is 2. The number of thiophene rings is 1. The van der Waals surface area contributed by atoms with Crippen molar-refractivity contribution in [3.05, 3.63) is 57.5 Å². The van der Waals surface area contributed by atoms with Crippen LogP contribution in [0.4, 0.5) is 0 Å². The van der Waals surface area contributed by atoms with Gasteiger partial charge in [-0.25, -0.2) is 0 Å². The van der Waals surface area contributed by atoms with Crippen molar-refractivity contribution in [1.29, 1.82) is 0 Å². The Balaban J connectivity index is 1.89. The molecule has 106 valence electrons. The molecule has 0 bridgehead atoms. The molecule has 3 heterocycles. The quantitative estimate of drug-likeness (QED) is 0.685. The van der Waals surface area contributed by atoms with Gasteiger partial charge in [-0.1, -0.05) is 6.07 Å². The number of fused-ring (bicyclic) bond motifs is 1. The van der Waals surface area contributed by atoms with Crippen LogP contribution in [0.2, 0.25) is 0 Å². The van der Waals surface area contributed by atoms with Gasteiger partial charge in [0.25, 0.3) is 11.5 Å². The molecule has 0 fully saturated rings. The summed E-state index contributed by atoms with van der Waals surface area (Å²) in [7, 11) is 0. The second-order valence-electron chi connectivity index (χ2n) is 4.34. The molecule has 1 amide bonds. The molecule has 0 aliphatic rings. The standard InChI is InChI=1S/C14H11N3O3S/c18-11-10(14(20)17-9-4-6-21-12(9)11)13(19)16-7-8-3-1-2-5-15-8/h1-6H,7H2,(H,16,19)(H2,17,18,20). The van der Waals surface area contributed by atoms with Crippen LogP contribution in [0.25, 0.3) is 10.2 Å². The van der Waals surface area contributed by atoms with Crippen LogP contribution in [-0.2, 0) is 6.54 Å². The fraction of sp³-hybridized carbons (Fsp3) is 0.0714. The molecule has 0 aliphatic carbocycles. The third kappa shape index (κ3) is 2.50. The van der Waals surface area contributed by atoms with Crippen molar-refractivity contribution in [3.8, 4) is 5.75 Å². The van der Waals surface area contributed by atoms with E-state index in [2.05, 4.69) is 15.3 Å². The first-order chi connectivity index (χ1) is 10.2. The number of amides is 1. The van der Waals surface area contributed by atoms with Gasteiger partial charge in [0.15, 0.2) is 5.75 Å². The van der Waals surface area contributed by atoms with E-state index in [1.807, 2.05) is 0 Å². The zero-order chi connectivity index (χ0) is 14.8. The summed E-state index contributed by atoms with van der Waals surface area (Å²) >= 11 is 1.26. The average Bonchev–Trinajstić information content (AvgIpc) is 2.94. The molecule has 0 radical (unpaired) electrons.